The fourth-order valence-electron chi connectivity index (χ4n) is 2.04. The highest BCUT2D eigenvalue weighted by molar-refractivity contribution is 5.92. The number of aryl methyl sites for hydroxylation is 1. The summed E-state index contributed by atoms with van der Waals surface area (Å²) in [6.07, 6.45) is 0.129. The van der Waals surface area contributed by atoms with Gasteiger partial charge in [0, 0.05) is 11.3 Å². The SMILES string of the molecule is Cc1ccc(CN=C(N)Nc2ccccc2)c(OC(C)C)c1. The Balaban J connectivity index is 2.08. The number of nitrogens with zero attached hydrogens (tertiary/aromatic N) is 1. The van der Waals surface area contributed by atoms with Crippen LogP contribution in [0, 0.1) is 6.92 Å². The highest BCUT2D eigenvalue weighted by Gasteiger charge is 2.06. The van der Waals surface area contributed by atoms with Crippen molar-refractivity contribution in [3.63, 3.8) is 0 Å². The van der Waals surface area contributed by atoms with Gasteiger partial charge < -0.3 is 15.8 Å². The van der Waals surface area contributed by atoms with Crippen molar-refractivity contribution in [3.05, 3.63) is 59.7 Å². The van der Waals surface area contributed by atoms with Crippen LogP contribution in [0.5, 0.6) is 5.75 Å². The number of hydrogen-bond donors (Lipinski definition) is 2. The van der Waals surface area contributed by atoms with E-state index in [9.17, 15) is 0 Å². The first-order valence-electron chi connectivity index (χ1n) is 7.43. The highest BCUT2D eigenvalue weighted by Crippen LogP contribution is 2.22. The Labute approximate surface area is 132 Å². The third-order valence-electron chi connectivity index (χ3n) is 3.05. The van der Waals surface area contributed by atoms with Crippen LogP contribution in [-0.4, -0.2) is 12.1 Å². The van der Waals surface area contributed by atoms with Crippen LogP contribution in [0.3, 0.4) is 0 Å². The zero-order chi connectivity index (χ0) is 15.9. The molecule has 0 aromatic heterocycles. The van der Waals surface area contributed by atoms with Crippen LogP contribution in [0.15, 0.2) is 53.5 Å². The molecule has 0 aliphatic rings. The van der Waals surface area contributed by atoms with E-state index in [4.69, 9.17) is 10.5 Å². The first-order valence-corrected chi connectivity index (χ1v) is 7.43. The third-order valence-corrected chi connectivity index (χ3v) is 3.05. The molecule has 0 saturated heterocycles. The van der Waals surface area contributed by atoms with Crippen LogP contribution in [0.4, 0.5) is 5.69 Å². The van der Waals surface area contributed by atoms with E-state index < -0.39 is 0 Å². The minimum atomic E-state index is 0.129. The molecule has 0 atom stereocenters. The van der Waals surface area contributed by atoms with Gasteiger partial charge in [-0.3, -0.25) is 0 Å². The highest BCUT2D eigenvalue weighted by atomic mass is 16.5. The predicted molar refractivity (Wildman–Crippen MR) is 92.3 cm³/mol. The topological polar surface area (TPSA) is 59.6 Å². The standard InChI is InChI=1S/C18H23N3O/c1-13(2)22-17-11-14(3)9-10-15(17)12-20-18(19)21-16-7-5-4-6-8-16/h4-11,13H,12H2,1-3H3,(H3,19,20,21). The lowest BCUT2D eigenvalue weighted by Gasteiger charge is -2.14. The number of nitrogens with two attached hydrogens (primary N) is 1. The number of benzene rings is 2. The molecule has 0 aliphatic carbocycles. The normalized spacial score (nSPS) is 11.5. The first kappa shape index (κ1) is 15.9. The second-order valence-corrected chi connectivity index (χ2v) is 5.47. The second kappa shape index (κ2) is 7.50. The Morgan fingerprint density at radius 2 is 1.91 bits per heavy atom. The average Bonchev–Trinajstić information content (AvgIpc) is 2.47. The largest absolute Gasteiger partial charge is 0.491 e. The maximum atomic E-state index is 5.93. The lowest BCUT2D eigenvalue weighted by molar-refractivity contribution is 0.240. The maximum Gasteiger partial charge on any atom is 0.193 e. The molecular formula is C18H23N3O. The zero-order valence-corrected chi connectivity index (χ0v) is 13.3. The molecule has 0 spiro atoms. The van der Waals surface area contributed by atoms with E-state index >= 15 is 0 Å². The molecule has 3 N–H and O–H groups in total. The number of rotatable bonds is 5. The van der Waals surface area contributed by atoms with Gasteiger partial charge in [0.05, 0.1) is 12.6 Å². The molecule has 0 aliphatic heterocycles. The fourth-order valence-corrected chi connectivity index (χ4v) is 2.04. The van der Waals surface area contributed by atoms with Crippen molar-refractivity contribution >= 4 is 11.6 Å². The fraction of sp³-hybridized carbons (Fsp3) is 0.278. The number of aliphatic imine (C=N–C) groups is 1. The molecule has 0 bridgehead atoms. The van der Waals surface area contributed by atoms with Gasteiger partial charge >= 0.3 is 0 Å². The van der Waals surface area contributed by atoms with Crippen molar-refractivity contribution in [1.29, 1.82) is 0 Å². The number of ether oxygens (including phenoxy) is 1. The van der Waals surface area contributed by atoms with Crippen molar-refractivity contribution in [3.8, 4) is 5.75 Å². The monoisotopic (exact) mass is 297 g/mol. The molecule has 0 saturated carbocycles. The average molecular weight is 297 g/mol. The van der Waals surface area contributed by atoms with Gasteiger partial charge in [-0.15, -0.1) is 0 Å². The number of guanidine groups is 1. The Bertz CT molecular complexity index is 636. The molecule has 2 rings (SSSR count). The first-order chi connectivity index (χ1) is 10.5. The zero-order valence-electron chi connectivity index (χ0n) is 13.3. The minimum absolute atomic E-state index is 0.129. The van der Waals surface area contributed by atoms with Crippen molar-refractivity contribution < 1.29 is 4.74 Å². The summed E-state index contributed by atoms with van der Waals surface area (Å²) >= 11 is 0. The van der Waals surface area contributed by atoms with Crippen molar-refractivity contribution in [2.24, 2.45) is 10.7 Å². The summed E-state index contributed by atoms with van der Waals surface area (Å²) < 4.78 is 5.85. The summed E-state index contributed by atoms with van der Waals surface area (Å²) in [4.78, 5) is 4.39. The molecule has 0 radical (unpaired) electrons. The van der Waals surface area contributed by atoms with Crippen LogP contribution >= 0.6 is 0 Å². The van der Waals surface area contributed by atoms with Crippen LogP contribution < -0.4 is 15.8 Å². The summed E-state index contributed by atoms with van der Waals surface area (Å²) in [5.74, 6) is 1.26. The van der Waals surface area contributed by atoms with Gasteiger partial charge in [-0.25, -0.2) is 4.99 Å². The number of anilines is 1. The van der Waals surface area contributed by atoms with Gasteiger partial charge in [0.25, 0.3) is 0 Å². The summed E-state index contributed by atoms with van der Waals surface area (Å²) in [6.45, 7) is 6.56. The van der Waals surface area contributed by atoms with E-state index in [2.05, 4.69) is 16.4 Å². The predicted octanol–water partition coefficient (Wildman–Crippen LogP) is 3.71. The van der Waals surface area contributed by atoms with E-state index in [1.54, 1.807) is 0 Å². The Hall–Kier alpha value is -2.49. The number of para-hydroxylation sites is 1. The van der Waals surface area contributed by atoms with Gasteiger partial charge in [0.1, 0.15) is 5.75 Å². The van der Waals surface area contributed by atoms with Crippen molar-refractivity contribution in [1.82, 2.24) is 0 Å². The molecule has 116 valence electrons. The molecule has 2 aromatic rings. The van der Waals surface area contributed by atoms with Crippen LogP contribution in [0.2, 0.25) is 0 Å². The van der Waals surface area contributed by atoms with Crippen LogP contribution in [0.1, 0.15) is 25.0 Å². The third kappa shape index (κ3) is 4.81. The lowest BCUT2D eigenvalue weighted by Crippen LogP contribution is -2.22. The van der Waals surface area contributed by atoms with Crippen LogP contribution in [0.25, 0.3) is 0 Å². The van der Waals surface area contributed by atoms with Gasteiger partial charge in [-0.1, -0.05) is 30.3 Å². The molecular weight excluding hydrogens is 274 g/mol. The summed E-state index contributed by atoms with van der Waals surface area (Å²) in [7, 11) is 0. The maximum absolute atomic E-state index is 5.93. The van der Waals surface area contributed by atoms with Crippen LogP contribution in [-0.2, 0) is 6.54 Å². The molecule has 0 fully saturated rings. The van der Waals surface area contributed by atoms with E-state index in [1.807, 2.05) is 63.2 Å². The van der Waals surface area contributed by atoms with Gasteiger partial charge in [-0.2, -0.15) is 0 Å². The quantitative estimate of drug-likeness (QED) is 0.653. The molecule has 4 nitrogen and oxygen atoms in total. The lowest BCUT2D eigenvalue weighted by atomic mass is 10.1. The summed E-state index contributed by atoms with van der Waals surface area (Å²) in [5, 5.41) is 3.07. The summed E-state index contributed by atoms with van der Waals surface area (Å²) in [6, 6.07) is 15.9. The van der Waals surface area contributed by atoms with Crippen molar-refractivity contribution in [2.75, 3.05) is 5.32 Å². The second-order valence-electron chi connectivity index (χ2n) is 5.47. The van der Waals surface area contributed by atoms with E-state index in [-0.39, 0.29) is 6.10 Å². The van der Waals surface area contributed by atoms with E-state index in [1.165, 1.54) is 5.56 Å². The Kier molecular flexibility index (Phi) is 5.42. The minimum Gasteiger partial charge on any atom is -0.491 e. The number of hydrogen-bond acceptors (Lipinski definition) is 2. The van der Waals surface area contributed by atoms with Gasteiger partial charge in [0.2, 0.25) is 0 Å². The van der Waals surface area contributed by atoms with E-state index in [0.29, 0.717) is 12.5 Å². The Morgan fingerprint density at radius 1 is 1.18 bits per heavy atom. The van der Waals surface area contributed by atoms with E-state index in [0.717, 1.165) is 17.0 Å². The smallest absolute Gasteiger partial charge is 0.193 e. The molecule has 22 heavy (non-hydrogen) atoms. The van der Waals surface area contributed by atoms with Gasteiger partial charge in [0.15, 0.2) is 5.96 Å². The molecule has 0 unspecified atom stereocenters. The molecule has 4 heteroatoms. The van der Waals surface area contributed by atoms with Crippen molar-refractivity contribution in [2.45, 2.75) is 33.4 Å². The molecule has 0 heterocycles. The molecule has 0 amide bonds. The summed E-state index contributed by atoms with van der Waals surface area (Å²) in [5.41, 5.74) is 9.05. The number of nitrogens with one attached hydrogen (secondary N) is 1. The molecule has 2 aromatic carbocycles. The van der Waals surface area contributed by atoms with Gasteiger partial charge in [-0.05, 0) is 44.5 Å². The Morgan fingerprint density at radius 3 is 2.59 bits per heavy atom.